The molecule has 0 N–H and O–H groups in total. The fraction of sp³-hybridized carbons (Fsp3) is 0.316. The molecule has 4 nitrogen and oxygen atoms in total. The summed E-state index contributed by atoms with van der Waals surface area (Å²) in [4.78, 5) is 27.8. The molecule has 0 aliphatic heterocycles. The molecule has 0 saturated heterocycles. The Hall–Kier alpha value is -2.49. The Morgan fingerprint density at radius 1 is 1.22 bits per heavy atom. The Morgan fingerprint density at radius 3 is 2.65 bits per heavy atom. The topological polar surface area (TPSA) is 56.3 Å². The molecule has 23 heavy (non-hydrogen) atoms. The first-order valence-electron chi connectivity index (χ1n) is 7.79. The van der Waals surface area contributed by atoms with Crippen LogP contribution in [0.25, 0.3) is 0 Å². The van der Waals surface area contributed by atoms with Crippen LogP contribution in [0, 0.1) is 5.92 Å². The van der Waals surface area contributed by atoms with E-state index in [4.69, 9.17) is 4.74 Å². The van der Waals surface area contributed by atoms with Gasteiger partial charge in [0.2, 0.25) is 0 Å². The molecule has 1 aromatic carbocycles. The normalized spacial score (nSPS) is 19.2. The molecule has 1 aromatic heterocycles. The van der Waals surface area contributed by atoms with Gasteiger partial charge in [0, 0.05) is 24.4 Å². The van der Waals surface area contributed by atoms with E-state index in [0.29, 0.717) is 18.4 Å². The number of rotatable bonds is 6. The van der Waals surface area contributed by atoms with Crippen molar-refractivity contribution in [2.45, 2.75) is 25.2 Å². The monoisotopic (exact) mass is 309 g/mol. The molecule has 1 heterocycles. The van der Waals surface area contributed by atoms with Gasteiger partial charge in [-0.2, -0.15) is 0 Å². The van der Waals surface area contributed by atoms with Crippen molar-refractivity contribution in [3.05, 3.63) is 65.5 Å². The minimum Gasteiger partial charge on any atom is -0.469 e. The van der Waals surface area contributed by atoms with Crippen LogP contribution in [0.15, 0.2) is 48.8 Å². The summed E-state index contributed by atoms with van der Waals surface area (Å²) in [6.07, 6.45) is 5.52. The number of hydrogen-bond acceptors (Lipinski definition) is 4. The van der Waals surface area contributed by atoms with Crippen LogP contribution in [-0.2, 0) is 16.0 Å². The first-order chi connectivity index (χ1) is 11.2. The number of benzene rings is 1. The zero-order valence-electron chi connectivity index (χ0n) is 13.1. The number of aromatic nitrogens is 1. The molecule has 1 saturated carbocycles. The van der Waals surface area contributed by atoms with Crippen LogP contribution in [-0.4, -0.2) is 23.8 Å². The molecular formula is C19H19NO3. The van der Waals surface area contributed by atoms with Crippen molar-refractivity contribution in [3.8, 4) is 0 Å². The number of Topliss-reactive ketones (excluding diaryl/α,β-unsaturated/α-hetero) is 1. The highest BCUT2D eigenvalue weighted by molar-refractivity contribution is 5.96. The van der Waals surface area contributed by atoms with Crippen molar-refractivity contribution in [2.24, 2.45) is 5.92 Å². The highest BCUT2D eigenvalue weighted by Gasteiger charge is 2.44. The fourth-order valence-corrected chi connectivity index (χ4v) is 2.84. The molecule has 1 aliphatic rings. The summed E-state index contributed by atoms with van der Waals surface area (Å²) in [7, 11) is 1.42. The number of esters is 1. The molecule has 3 rings (SSSR count). The number of pyridine rings is 1. The Morgan fingerprint density at radius 2 is 2.00 bits per heavy atom. The summed E-state index contributed by atoms with van der Waals surface area (Å²) in [5, 5.41) is 0. The molecule has 1 aliphatic carbocycles. The van der Waals surface area contributed by atoms with Gasteiger partial charge in [0.25, 0.3) is 0 Å². The van der Waals surface area contributed by atoms with E-state index in [1.54, 1.807) is 12.4 Å². The summed E-state index contributed by atoms with van der Waals surface area (Å²) < 4.78 is 4.76. The van der Waals surface area contributed by atoms with Crippen molar-refractivity contribution < 1.29 is 14.3 Å². The zero-order valence-corrected chi connectivity index (χ0v) is 13.1. The summed E-state index contributed by atoms with van der Waals surface area (Å²) in [5.41, 5.74) is 2.88. The average Bonchev–Trinajstić information content (AvgIpc) is 3.41. The van der Waals surface area contributed by atoms with E-state index < -0.39 is 0 Å². The summed E-state index contributed by atoms with van der Waals surface area (Å²) in [5.74, 6) is 0.196. The lowest BCUT2D eigenvalue weighted by molar-refractivity contribution is -0.142. The van der Waals surface area contributed by atoms with Crippen molar-refractivity contribution in [1.82, 2.24) is 4.98 Å². The number of carbonyl (C=O) groups is 2. The number of methoxy groups -OCH3 is 1. The van der Waals surface area contributed by atoms with Gasteiger partial charge in [-0.1, -0.05) is 30.3 Å². The quantitative estimate of drug-likeness (QED) is 0.607. The third-order valence-electron chi connectivity index (χ3n) is 4.32. The molecule has 0 bridgehead atoms. The average molecular weight is 309 g/mol. The van der Waals surface area contributed by atoms with Crippen molar-refractivity contribution in [3.63, 3.8) is 0 Å². The second-order valence-corrected chi connectivity index (χ2v) is 5.88. The van der Waals surface area contributed by atoms with Crippen molar-refractivity contribution >= 4 is 11.8 Å². The number of nitrogens with zero attached hydrogens (tertiary/aromatic N) is 1. The third-order valence-corrected chi connectivity index (χ3v) is 4.32. The number of ketones is 1. The van der Waals surface area contributed by atoms with Gasteiger partial charge in [0.1, 0.15) is 0 Å². The third kappa shape index (κ3) is 3.65. The van der Waals surface area contributed by atoms with Gasteiger partial charge >= 0.3 is 5.97 Å². The van der Waals surface area contributed by atoms with Crippen LogP contribution in [0.1, 0.15) is 40.2 Å². The van der Waals surface area contributed by atoms with Gasteiger partial charge in [-0.3, -0.25) is 14.6 Å². The lowest BCUT2D eigenvalue weighted by atomic mass is 10.0. The Balaban J connectivity index is 1.57. The molecular weight excluding hydrogens is 290 g/mol. The Labute approximate surface area is 135 Å². The van der Waals surface area contributed by atoms with Crippen LogP contribution in [0.4, 0.5) is 0 Å². The van der Waals surface area contributed by atoms with Gasteiger partial charge in [-0.25, -0.2) is 0 Å². The van der Waals surface area contributed by atoms with E-state index in [2.05, 4.69) is 4.98 Å². The fourth-order valence-electron chi connectivity index (χ4n) is 2.84. The molecule has 2 aromatic rings. The first-order valence-corrected chi connectivity index (χ1v) is 7.79. The van der Waals surface area contributed by atoms with Crippen LogP contribution >= 0.6 is 0 Å². The number of hydrogen-bond donors (Lipinski definition) is 0. The van der Waals surface area contributed by atoms with E-state index in [9.17, 15) is 9.59 Å². The lowest BCUT2D eigenvalue weighted by Gasteiger charge is -2.04. The van der Waals surface area contributed by atoms with Gasteiger partial charge in [-0.05, 0) is 36.0 Å². The maximum Gasteiger partial charge on any atom is 0.309 e. The van der Waals surface area contributed by atoms with Crippen LogP contribution in [0.2, 0.25) is 0 Å². The zero-order chi connectivity index (χ0) is 16.2. The minimum atomic E-state index is -0.147. The van der Waals surface area contributed by atoms with Gasteiger partial charge < -0.3 is 4.74 Å². The highest BCUT2D eigenvalue weighted by atomic mass is 16.5. The first kappa shape index (κ1) is 15.4. The highest BCUT2D eigenvalue weighted by Crippen LogP contribution is 2.48. The van der Waals surface area contributed by atoms with Gasteiger partial charge in [0.15, 0.2) is 5.78 Å². The predicted molar refractivity (Wildman–Crippen MR) is 86.2 cm³/mol. The summed E-state index contributed by atoms with van der Waals surface area (Å²) >= 11 is 0. The van der Waals surface area contributed by atoms with E-state index in [1.807, 2.05) is 36.4 Å². The van der Waals surface area contributed by atoms with E-state index in [1.165, 1.54) is 7.11 Å². The molecule has 0 spiro atoms. The van der Waals surface area contributed by atoms with Crippen molar-refractivity contribution in [1.29, 1.82) is 0 Å². The summed E-state index contributed by atoms with van der Waals surface area (Å²) in [6, 6.07) is 11.5. The molecule has 0 radical (unpaired) electrons. The minimum absolute atomic E-state index is 0.0212. The SMILES string of the molecule is COC(=O)[C@@H]1C[C@H]1c1ccc(C(=O)CCc2cccnc2)cc1. The van der Waals surface area contributed by atoms with E-state index in [-0.39, 0.29) is 23.6 Å². The van der Waals surface area contributed by atoms with Crippen molar-refractivity contribution in [2.75, 3.05) is 7.11 Å². The second-order valence-electron chi connectivity index (χ2n) is 5.88. The maximum atomic E-state index is 12.2. The van der Waals surface area contributed by atoms with Gasteiger partial charge in [0.05, 0.1) is 13.0 Å². The summed E-state index contributed by atoms with van der Waals surface area (Å²) in [6.45, 7) is 0. The molecule has 4 heteroatoms. The molecule has 2 atom stereocenters. The lowest BCUT2D eigenvalue weighted by Crippen LogP contribution is -2.04. The number of aryl methyl sites for hydroxylation is 1. The standard InChI is InChI=1S/C19H19NO3/c1-23-19(22)17-11-16(17)14-5-7-15(8-6-14)18(21)9-4-13-3-2-10-20-12-13/h2-3,5-8,10,12,16-17H,4,9,11H2,1H3/t16-,17+/m0/s1. The number of carbonyl (C=O) groups excluding carboxylic acids is 2. The van der Waals surface area contributed by atoms with Gasteiger partial charge in [-0.15, -0.1) is 0 Å². The maximum absolute atomic E-state index is 12.2. The van der Waals surface area contributed by atoms with E-state index in [0.717, 1.165) is 17.5 Å². The second kappa shape index (κ2) is 6.73. The molecule has 0 amide bonds. The van der Waals surface area contributed by atoms with E-state index >= 15 is 0 Å². The predicted octanol–water partition coefficient (Wildman–Crippen LogP) is 3.17. The Kier molecular flexibility index (Phi) is 4.51. The smallest absolute Gasteiger partial charge is 0.309 e. The van der Waals surface area contributed by atoms with Crippen LogP contribution in [0.5, 0.6) is 0 Å². The number of ether oxygens (including phenoxy) is 1. The molecule has 118 valence electrons. The van der Waals surface area contributed by atoms with Crippen LogP contribution < -0.4 is 0 Å². The molecule has 1 fully saturated rings. The Bertz CT molecular complexity index is 694. The largest absolute Gasteiger partial charge is 0.469 e. The molecule has 0 unspecified atom stereocenters. The van der Waals surface area contributed by atoms with Crippen LogP contribution in [0.3, 0.4) is 0 Å².